The molecule has 0 saturated carbocycles. The number of sulfone groups is 1. The second kappa shape index (κ2) is 5.95. The molecule has 1 rings (SSSR count). The highest BCUT2D eigenvalue weighted by Crippen LogP contribution is 2.28. The molecule has 0 fully saturated rings. The number of nitrogens with zero attached hydrogens (tertiary/aromatic N) is 2. The summed E-state index contributed by atoms with van der Waals surface area (Å²) in [6, 6.07) is 3.19. The van der Waals surface area contributed by atoms with Crippen molar-refractivity contribution in [2.45, 2.75) is 4.90 Å². The van der Waals surface area contributed by atoms with Crippen molar-refractivity contribution < 1.29 is 21.8 Å². The van der Waals surface area contributed by atoms with Crippen molar-refractivity contribution in [2.75, 3.05) is 31.3 Å². The summed E-state index contributed by atoms with van der Waals surface area (Å²) in [6.07, 6.45) is 0.969. The molecule has 0 aromatic heterocycles. The van der Waals surface area contributed by atoms with Crippen LogP contribution in [0.25, 0.3) is 0 Å². The highest BCUT2D eigenvalue weighted by atomic mass is 32.2. The van der Waals surface area contributed by atoms with Crippen molar-refractivity contribution in [1.82, 2.24) is 4.31 Å². The number of nitro benzene ring substituents is 1. The molecule has 0 aliphatic heterocycles. The summed E-state index contributed by atoms with van der Waals surface area (Å²) in [6.45, 7) is -0.312. The second-order valence-electron chi connectivity index (χ2n) is 4.44. The SMILES string of the molecule is CN(CCS(C)(=O)=O)S(=O)(=O)c1cc(N)ccc1[N+](=O)[O-]. The normalized spacial score (nSPS) is 12.5. The molecule has 1 aromatic carbocycles. The van der Waals surface area contributed by atoms with Crippen LogP contribution in [0.5, 0.6) is 0 Å². The topological polar surface area (TPSA) is 141 Å². The Bertz CT molecular complexity index is 757. The molecule has 21 heavy (non-hydrogen) atoms. The molecule has 9 nitrogen and oxygen atoms in total. The third-order valence-corrected chi connectivity index (χ3v) is 5.46. The molecule has 0 amide bonds. The van der Waals surface area contributed by atoms with Crippen molar-refractivity contribution in [3.63, 3.8) is 0 Å². The average molecular weight is 337 g/mol. The molecule has 0 aliphatic rings. The van der Waals surface area contributed by atoms with E-state index < -0.39 is 41.1 Å². The van der Waals surface area contributed by atoms with Gasteiger partial charge in [0.15, 0.2) is 4.90 Å². The Morgan fingerprint density at radius 2 is 1.86 bits per heavy atom. The van der Waals surface area contributed by atoms with Crippen molar-refractivity contribution >= 4 is 31.2 Å². The summed E-state index contributed by atoms with van der Waals surface area (Å²) in [5.74, 6) is -0.390. The molecular weight excluding hydrogens is 322 g/mol. The Labute approximate surface area is 122 Å². The first-order valence-electron chi connectivity index (χ1n) is 5.63. The lowest BCUT2D eigenvalue weighted by Crippen LogP contribution is -2.32. The lowest BCUT2D eigenvalue weighted by molar-refractivity contribution is -0.387. The standard InChI is InChI=1S/C10H15N3O6S2/c1-12(5-6-20(2,16)17)21(18,19)10-7-8(11)3-4-9(10)13(14)15/h3-4,7H,5-6,11H2,1-2H3. The minimum atomic E-state index is -4.21. The Kier molecular flexibility index (Phi) is 4.91. The first-order valence-corrected chi connectivity index (χ1v) is 9.13. The fourth-order valence-corrected chi connectivity index (χ4v) is 3.55. The van der Waals surface area contributed by atoms with Crippen molar-refractivity contribution in [3.8, 4) is 0 Å². The van der Waals surface area contributed by atoms with Crippen LogP contribution in [0, 0.1) is 10.1 Å². The molecule has 0 aliphatic carbocycles. The zero-order valence-corrected chi connectivity index (χ0v) is 13.0. The Balaban J connectivity index is 3.24. The zero-order valence-electron chi connectivity index (χ0n) is 11.4. The van der Waals surface area contributed by atoms with Gasteiger partial charge in [-0.15, -0.1) is 0 Å². The van der Waals surface area contributed by atoms with Crippen molar-refractivity contribution in [3.05, 3.63) is 28.3 Å². The van der Waals surface area contributed by atoms with Crippen LogP contribution in [-0.4, -0.2) is 51.7 Å². The van der Waals surface area contributed by atoms with E-state index in [4.69, 9.17) is 5.73 Å². The van der Waals surface area contributed by atoms with Gasteiger partial charge in [0, 0.05) is 31.6 Å². The minimum absolute atomic E-state index is 0.0516. The van der Waals surface area contributed by atoms with Crippen LogP contribution in [0.15, 0.2) is 23.1 Å². The molecule has 0 atom stereocenters. The number of benzene rings is 1. The van der Waals surface area contributed by atoms with E-state index in [9.17, 15) is 26.9 Å². The Hall–Kier alpha value is -1.72. The Morgan fingerprint density at radius 3 is 2.33 bits per heavy atom. The molecule has 1 aromatic rings. The molecule has 118 valence electrons. The van der Waals surface area contributed by atoms with Crippen LogP contribution in [0.2, 0.25) is 0 Å². The van der Waals surface area contributed by atoms with E-state index in [0.717, 1.165) is 29.7 Å². The number of nitrogen functional groups attached to an aromatic ring is 1. The van der Waals surface area contributed by atoms with Crippen LogP contribution in [0.4, 0.5) is 11.4 Å². The summed E-state index contributed by atoms with van der Waals surface area (Å²) >= 11 is 0. The fraction of sp³-hybridized carbons (Fsp3) is 0.400. The fourth-order valence-electron chi connectivity index (χ4n) is 1.47. The van der Waals surface area contributed by atoms with Crippen LogP contribution in [0.3, 0.4) is 0 Å². The third-order valence-electron chi connectivity index (χ3n) is 2.65. The molecule has 11 heteroatoms. The summed E-state index contributed by atoms with van der Waals surface area (Å²) in [5, 5.41) is 10.9. The molecule has 0 radical (unpaired) electrons. The van der Waals surface area contributed by atoms with Crippen molar-refractivity contribution in [2.24, 2.45) is 0 Å². The largest absolute Gasteiger partial charge is 0.399 e. The molecule has 0 spiro atoms. The smallest absolute Gasteiger partial charge is 0.289 e. The number of sulfonamides is 1. The van der Waals surface area contributed by atoms with Gasteiger partial charge >= 0.3 is 0 Å². The van der Waals surface area contributed by atoms with Gasteiger partial charge in [0.05, 0.1) is 10.7 Å². The average Bonchev–Trinajstić information content (AvgIpc) is 2.34. The number of hydrogen-bond donors (Lipinski definition) is 1. The maximum Gasteiger partial charge on any atom is 0.289 e. The van der Waals surface area contributed by atoms with E-state index in [1.165, 1.54) is 6.07 Å². The van der Waals surface area contributed by atoms with Crippen molar-refractivity contribution in [1.29, 1.82) is 0 Å². The predicted octanol–water partition coefficient (Wildman–Crippen LogP) is -0.158. The number of hydrogen-bond acceptors (Lipinski definition) is 7. The van der Waals surface area contributed by atoms with Gasteiger partial charge in [0.25, 0.3) is 5.69 Å². The summed E-state index contributed by atoms with van der Waals surface area (Å²) < 4.78 is 47.5. The lowest BCUT2D eigenvalue weighted by Gasteiger charge is -2.16. The van der Waals surface area contributed by atoms with Crippen LogP contribution in [-0.2, 0) is 19.9 Å². The first-order chi connectivity index (χ1) is 9.45. The summed E-state index contributed by atoms with van der Waals surface area (Å²) in [7, 11) is -6.43. The first kappa shape index (κ1) is 17.3. The van der Waals surface area contributed by atoms with Crippen LogP contribution >= 0.6 is 0 Å². The maximum absolute atomic E-state index is 12.3. The highest BCUT2D eigenvalue weighted by molar-refractivity contribution is 7.91. The molecule has 0 saturated heterocycles. The van der Waals surface area contributed by atoms with Gasteiger partial charge in [0.1, 0.15) is 9.84 Å². The highest BCUT2D eigenvalue weighted by Gasteiger charge is 2.30. The lowest BCUT2D eigenvalue weighted by atomic mass is 10.3. The van der Waals surface area contributed by atoms with Crippen LogP contribution in [0.1, 0.15) is 0 Å². The number of rotatable bonds is 6. The van der Waals surface area contributed by atoms with Gasteiger partial charge < -0.3 is 5.73 Å². The molecule has 0 unspecified atom stereocenters. The maximum atomic E-state index is 12.3. The summed E-state index contributed by atoms with van der Waals surface area (Å²) in [4.78, 5) is 9.50. The van der Waals surface area contributed by atoms with Gasteiger partial charge in [-0.25, -0.2) is 16.8 Å². The summed E-state index contributed by atoms with van der Waals surface area (Å²) in [5.41, 5.74) is 4.90. The van der Waals surface area contributed by atoms with Gasteiger partial charge in [0.2, 0.25) is 10.0 Å². The van der Waals surface area contributed by atoms with E-state index in [1.54, 1.807) is 0 Å². The zero-order chi connectivity index (χ0) is 16.4. The number of nitro groups is 1. The van der Waals surface area contributed by atoms with E-state index in [-0.39, 0.29) is 12.2 Å². The second-order valence-corrected chi connectivity index (χ2v) is 8.71. The number of nitrogens with two attached hydrogens (primary N) is 1. The van der Waals surface area contributed by atoms with Gasteiger partial charge in [-0.05, 0) is 12.1 Å². The molecule has 0 heterocycles. The Morgan fingerprint density at radius 1 is 1.29 bits per heavy atom. The van der Waals surface area contributed by atoms with Crippen LogP contribution < -0.4 is 5.73 Å². The molecule has 2 N–H and O–H groups in total. The van der Waals surface area contributed by atoms with Gasteiger partial charge in [-0.1, -0.05) is 0 Å². The van der Waals surface area contributed by atoms with Gasteiger partial charge in [-0.3, -0.25) is 10.1 Å². The van der Waals surface area contributed by atoms with E-state index in [2.05, 4.69) is 0 Å². The van der Waals surface area contributed by atoms with E-state index in [0.29, 0.717) is 0 Å². The van der Waals surface area contributed by atoms with E-state index >= 15 is 0 Å². The van der Waals surface area contributed by atoms with E-state index in [1.807, 2.05) is 0 Å². The predicted molar refractivity (Wildman–Crippen MR) is 77.0 cm³/mol. The minimum Gasteiger partial charge on any atom is -0.399 e. The number of anilines is 1. The quantitative estimate of drug-likeness (QED) is 0.432. The molecular formula is C10H15N3O6S2. The third kappa shape index (κ3) is 4.37. The monoisotopic (exact) mass is 337 g/mol. The van der Waals surface area contributed by atoms with Gasteiger partial charge in [-0.2, -0.15) is 4.31 Å². The molecule has 0 bridgehead atoms.